The van der Waals surface area contributed by atoms with Gasteiger partial charge in [-0.15, -0.1) is 0 Å². The van der Waals surface area contributed by atoms with Gasteiger partial charge in [-0.25, -0.2) is 13.8 Å². The molecule has 0 aliphatic rings. The van der Waals surface area contributed by atoms with E-state index in [1.54, 1.807) is 55.5 Å². The van der Waals surface area contributed by atoms with Gasteiger partial charge < -0.3 is 10.1 Å². The summed E-state index contributed by atoms with van der Waals surface area (Å²) in [5.41, 5.74) is 0.581. The molecule has 0 spiro atoms. The van der Waals surface area contributed by atoms with Crippen LogP contribution in [0.2, 0.25) is 0 Å². The zero-order valence-corrected chi connectivity index (χ0v) is 18.5. The van der Waals surface area contributed by atoms with Crippen LogP contribution in [0.15, 0.2) is 76.7 Å². The van der Waals surface area contributed by atoms with E-state index in [0.29, 0.717) is 28.4 Å². The Labute approximate surface area is 192 Å². The zero-order chi connectivity index (χ0) is 23.5. The maximum absolute atomic E-state index is 14.0. The van der Waals surface area contributed by atoms with Gasteiger partial charge in [-0.2, -0.15) is 0 Å². The second-order valence-electron chi connectivity index (χ2n) is 7.13. The number of amides is 1. The number of carbonyl (C=O) groups is 1. The van der Waals surface area contributed by atoms with E-state index in [9.17, 15) is 18.4 Å². The third-order valence-electron chi connectivity index (χ3n) is 4.90. The van der Waals surface area contributed by atoms with E-state index >= 15 is 0 Å². The standard InChI is InChI=1S/C24H19F2N3O3S/c1-14(22(30)27-21-11-10-15(25)12-19(21)26)33-24-28-20-9-4-3-8-18(20)23(31)29(24)16-6-5-7-17(13-16)32-2/h3-14H,1-2H3,(H,27,30). The molecule has 1 N–H and O–H groups in total. The Balaban J connectivity index is 1.73. The molecule has 1 heterocycles. The van der Waals surface area contributed by atoms with Crippen LogP contribution in [0.25, 0.3) is 16.6 Å². The number of hydrogen-bond donors (Lipinski definition) is 1. The van der Waals surface area contributed by atoms with Crippen LogP contribution < -0.4 is 15.6 Å². The highest BCUT2D eigenvalue weighted by atomic mass is 32.2. The van der Waals surface area contributed by atoms with Crippen molar-refractivity contribution in [2.45, 2.75) is 17.3 Å². The van der Waals surface area contributed by atoms with Crippen molar-refractivity contribution >= 4 is 34.3 Å². The highest BCUT2D eigenvalue weighted by Gasteiger charge is 2.21. The number of halogens is 2. The molecule has 1 unspecified atom stereocenters. The highest BCUT2D eigenvalue weighted by Crippen LogP contribution is 2.27. The predicted molar refractivity (Wildman–Crippen MR) is 124 cm³/mol. The van der Waals surface area contributed by atoms with E-state index < -0.39 is 22.8 Å². The molecule has 33 heavy (non-hydrogen) atoms. The Morgan fingerprint density at radius 1 is 1.09 bits per heavy atom. The molecule has 4 aromatic rings. The van der Waals surface area contributed by atoms with Gasteiger partial charge >= 0.3 is 0 Å². The number of fused-ring (bicyclic) bond motifs is 1. The highest BCUT2D eigenvalue weighted by molar-refractivity contribution is 8.00. The number of anilines is 1. The minimum atomic E-state index is -0.877. The number of para-hydroxylation sites is 1. The Kier molecular flexibility index (Phi) is 6.41. The molecule has 0 saturated heterocycles. The van der Waals surface area contributed by atoms with E-state index in [2.05, 4.69) is 10.3 Å². The number of nitrogens with zero attached hydrogens (tertiary/aromatic N) is 2. The van der Waals surface area contributed by atoms with E-state index in [-0.39, 0.29) is 16.4 Å². The first-order valence-electron chi connectivity index (χ1n) is 9.96. The van der Waals surface area contributed by atoms with Crippen molar-refractivity contribution in [3.05, 3.63) is 88.7 Å². The molecular formula is C24H19F2N3O3S. The lowest BCUT2D eigenvalue weighted by Crippen LogP contribution is -2.26. The lowest BCUT2D eigenvalue weighted by Gasteiger charge is -2.17. The second-order valence-corrected chi connectivity index (χ2v) is 8.44. The third kappa shape index (κ3) is 4.73. The van der Waals surface area contributed by atoms with Gasteiger partial charge in [-0.05, 0) is 43.3 Å². The summed E-state index contributed by atoms with van der Waals surface area (Å²) >= 11 is 1.05. The van der Waals surface area contributed by atoms with Crippen LogP contribution in [0.1, 0.15) is 6.92 Å². The van der Waals surface area contributed by atoms with Gasteiger partial charge in [0.25, 0.3) is 5.56 Å². The Bertz CT molecular complexity index is 1410. The van der Waals surface area contributed by atoms with Crippen molar-refractivity contribution in [1.29, 1.82) is 0 Å². The largest absolute Gasteiger partial charge is 0.497 e. The summed E-state index contributed by atoms with van der Waals surface area (Å²) in [6.45, 7) is 1.61. The molecule has 3 aromatic carbocycles. The molecule has 9 heteroatoms. The number of ether oxygens (including phenoxy) is 1. The molecule has 0 fully saturated rings. The second kappa shape index (κ2) is 9.41. The summed E-state index contributed by atoms with van der Waals surface area (Å²) in [5.74, 6) is -1.58. The molecule has 168 valence electrons. The number of hydrogen-bond acceptors (Lipinski definition) is 5. The molecule has 4 rings (SSSR count). The molecule has 6 nitrogen and oxygen atoms in total. The van der Waals surface area contributed by atoms with E-state index in [1.165, 1.54) is 11.7 Å². The molecular weight excluding hydrogens is 448 g/mol. The first-order chi connectivity index (χ1) is 15.9. The van der Waals surface area contributed by atoms with Crippen LogP contribution in [-0.2, 0) is 4.79 Å². The van der Waals surface area contributed by atoms with Crippen molar-refractivity contribution in [1.82, 2.24) is 9.55 Å². The monoisotopic (exact) mass is 467 g/mol. The van der Waals surface area contributed by atoms with Crippen LogP contribution in [-0.4, -0.2) is 27.8 Å². The van der Waals surface area contributed by atoms with Crippen molar-refractivity contribution in [2.75, 3.05) is 12.4 Å². The van der Waals surface area contributed by atoms with Gasteiger partial charge in [0.15, 0.2) is 5.16 Å². The van der Waals surface area contributed by atoms with E-state index in [1.807, 2.05) is 0 Å². The number of benzene rings is 3. The van der Waals surface area contributed by atoms with Crippen LogP contribution >= 0.6 is 11.8 Å². The maximum atomic E-state index is 14.0. The van der Waals surface area contributed by atoms with Crippen LogP contribution in [0.4, 0.5) is 14.5 Å². The molecule has 0 bridgehead atoms. The normalized spacial score (nSPS) is 11.9. The van der Waals surface area contributed by atoms with Crippen molar-refractivity contribution in [3.63, 3.8) is 0 Å². The van der Waals surface area contributed by atoms with E-state index in [4.69, 9.17) is 4.74 Å². The molecule has 1 aromatic heterocycles. The molecule has 0 aliphatic carbocycles. The first kappa shape index (κ1) is 22.5. The number of carbonyl (C=O) groups excluding carboxylic acids is 1. The van der Waals surface area contributed by atoms with Gasteiger partial charge in [0.1, 0.15) is 17.4 Å². The van der Waals surface area contributed by atoms with Gasteiger partial charge in [-0.3, -0.25) is 14.2 Å². The van der Waals surface area contributed by atoms with Crippen LogP contribution in [0.5, 0.6) is 5.75 Å². The summed E-state index contributed by atoms with van der Waals surface area (Å²) in [4.78, 5) is 30.7. The Hall–Kier alpha value is -3.72. The summed E-state index contributed by atoms with van der Waals surface area (Å²) in [5, 5.41) is 2.41. The predicted octanol–water partition coefficient (Wildman–Crippen LogP) is 4.79. The fraction of sp³-hybridized carbons (Fsp3) is 0.125. The Morgan fingerprint density at radius 3 is 2.64 bits per heavy atom. The third-order valence-corrected chi connectivity index (χ3v) is 5.95. The quantitative estimate of drug-likeness (QED) is 0.326. The van der Waals surface area contributed by atoms with Crippen molar-refractivity contribution in [2.24, 2.45) is 0 Å². The molecule has 1 amide bonds. The molecule has 1 atom stereocenters. The fourth-order valence-electron chi connectivity index (χ4n) is 3.21. The average molecular weight is 467 g/mol. The average Bonchev–Trinajstić information content (AvgIpc) is 2.81. The molecule has 0 saturated carbocycles. The minimum Gasteiger partial charge on any atom is -0.497 e. The number of aromatic nitrogens is 2. The van der Waals surface area contributed by atoms with Crippen molar-refractivity contribution < 1.29 is 18.3 Å². The smallest absolute Gasteiger partial charge is 0.266 e. The number of nitrogens with one attached hydrogen (secondary N) is 1. The topological polar surface area (TPSA) is 73.2 Å². The fourth-order valence-corrected chi connectivity index (χ4v) is 4.13. The van der Waals surface area contributed by atoms with Gasteiger partial charge in [0.2, 0.25) is 5.91 Å². The maximum Gasteiger partial charge on any atom is 0.266 e. The summed E-state index contributed by atoms with van der Waals surface area (Å²) in [6, 6.07) is 16.8. The van der Waals surface area contributed by atoms with Gasteiger partial charge in [0, 0.05) is 12.1 Å². The number of rotatable bonds is 6. The zero-order valence-electron chi connectivity index (χ0n) is 17.7. The summed E-state index contributed by atoms with van der Waals surface area (Å²) in [7, 11) is 1.52. The van der Waals surface area contributed by atoms with E-state index in [0.717, 1.165) is 23.9 Å². The first-order valence-corrected chi connectivity index (χ1v) is 10.8. The lowest BCUT2D eigenvalue weighted by molar-refractivity contribution is -0.115. The van der Waals surface area contributed by atoms with Crippen LogP contribution in [0, 0.1) is 11.6 Å². The molecule has 0 aliphatic heterocycles. The number of methoxy groups -OCH3 is 1. The summed E-state index contributed by atoms with van der Waals surface area (Å²) in [6.07, 6.45) is 0. The Morgan fingerprint density at radius 2 is 1.88 bits per heavy atom. The number of thioether (sulfide) groups is 1. The van der Waals surface area contributed by atoms with Gasteiger partial charge in [-0.1, -0.05) is 30.0 Å². The van der Waals surface area contributed by atoms with Gasteiger partial charge in [0.05, 0.1) is 34.6 Å². The van der Waals surface area contributed by atoms with Crippen molar-refractivity contribution in [3.8, 4) is 11.4 Å². The SMILES string of the molecule is COc1cccc(-n2c(SC(C)C(=O)Nc3ccc(F)cc3F)nc3ccccc3c2=O)c1. The lowest BCUT2D eigenvalue weighted by atomic mass is 10.2. The van der Waals surface area contributed by atoms with Crippen LogP contribution in [0.3, 0.4) is 0 Å². The molecule has 0 radical (unpaired) electrons. The summed E-state index contributed by atoms with van der Waals surface area (Å²) < 4.78 is 33.8. The minimum absolute atomic E-state index is 0.134.